The van der Waals surface area contributed by atoms with Crippen LogP contribution in [0.15, 0.2) is 27.8 Å². The maximum absolute atomic E-state index is 10.6. The van der Waals surface area contributed by atoms with Crippen molar-refractivity contribution in [2.75, 3.05) is 19.6 Å². The number of likely N-dealkylation sites (tertiary alicyclic amines) is 1. The molecule has 3 unspecified atom stereocenters. The summed E-state index contributed by atoms with van der Waals surface area (Å²) in [6.07, 6.45) is 5.40. The van der Waals surface area contributed by atoms with Crippen LogP contribution in [0.3, 0.4) is 0 Å². The second-order valence-corrected chi connectivity index (χ2v) is 7.30. The topological polar surface area (TPSA) is 73.0 Å². The Morgan fingerprint density at radius 1 is 1.48 bits per heavy atom. The highest BCUT2D eigenvalue weighted by atomic mass is 127. The van der Waals surface area contributed by atoms with Gasteiger partial charge < -0.3 is 20.2 Å². The van der Waals surface area contributed by atoms with E-state index < -0.39 is 5.60 Å². The van der Waals surface area contributed by atoms with Crippen LogP contribution in [-0.4, -0.2) is 53.7 Å². The van der Waals surface area contributed by atoms with Crippen molar-refractivity contribution in [2.45, 2.75) is 63.8 Å². The summed E-state index contributed by atoms with van der Waals surface area (Å²) in [5.41, 5.74) is -1.10. The third-order valence-corrected chi connectivity index (χ3v) is 4.92. The predicted molar refractivity (Wildman–Crippen MR) is 110 cm³/mol. The molecule has 1 saturated carbocycles. The first-order valence-electron chi connectivity index (χ1n) is 9.06. The van der Waals surface area contributed by atoms with Crippen molar-refractivity contribution in [3.63, 3.8) is 0 Å². The zero-order valence-corrected chi connectivity index (χ0v) is 17.7. The lowest BCUT2D eigenvalue weighted by Crippen LogP contribution is -2.45. The van der Waals surface area contributed by atoms with Gasteiger partial charge in [-0.1, -0.05) is 0 Å². The summed E-state index contributed by atoms with van der Waals surface area (Å²) in [5, 5.41) is 17.4. The molecule has 1 aromatic rings. The van der Waals surface area contributed by atoms with Gasteiger partial charge in [0.1, 0.15) is 11.4 Å². The minimum absolute atomic E-state index is 0. The number of guanidine groups is 1. The molecule has 0 radical (unpaired) electrons. The lowest BCUT2D eigenvalue weighted by Gasteiger charge is -2.22. The molecule has 0 bridgehead atoms. The molecular weight excluding hydrogens is 431 g/mol. The largest absolute Gasteiger partial charge is 0.466 e. The molecule has 1 aliphatic carbocycles. The fourth-order valence-corrected chi connectivity index (χ4v) is 3.49. The van der Waals surface area contributed by atoms with Gasteiger partial charge in [-0.3, -0.25) is 4.90 Å². The first-order valence-corrected chi connectivity index (χ1v) is 9.06. The summed E-state index contributed by atoms with van der Waals surface area (Å²) in [5.74, 6) is 1.30. The van der Waals surface area contributed by atoms with Crippen LogP contribution in [0.1, 0.15) is 45.8 Å². The molecule has 3 N–H and O–H groups in total. The molecule has 2 fully saturated rings. The number of rotatable bonds is 6. The van der Waals surface area contributed by atoms with Crippen molar-refractivity contribution in [3.05, 3.63) is 24.2 Å². The van der Waals surface area contributed by atoms with E-state index >= 15 is 0 Å². The van der Waals surface area contributed by atoms with Crippen LogP contribution in [-0.2, 0) is 5.60 Å². The summed E-state index contributed by atoms with van der Waals surface area (Å²) in [6.45, 7) is 8.21. The Balaban J connectivity index is 0.00000225. The molecule has 1 aromatic heterocycles. The smallest absolute Gasteiger partial charge is 0.191 e. The molecule has 3 rings (SSSR count). The second kappa shape index (κ2) is 8.73. The minimum atomic E-state index is -1.10. The van der Waals surface area contributed by atoms with Crippen molar-refractivity contribution in [3.8, 4) is 0 Å². The summed E-state index contributed by atoms with van der Waals surface area (Å²) < 4.78 is 5.32. The van der Waals surface area contributed by atoms with Gasteiger partial charge in [-0.25, -0.2) is 4.99 Å². The van der Waals surface area contributed by atoms with Crippen molar-refractivity contribution in [2.24, 2.45) is 4.99 Å². The number of aliphatic imine (C=N–C) groups is 1. The monoisotopic (exact) mass is 462 g/mol. The SMILES string of the molecule is CCNC(=NCC(C)(O)c1ccco1)NC1CC(C)N(C2CC2)C1.I. The van der Waals surface area contributed by atoms with Crippen LogP contribution in [0, 0.1) is 0 Å². The number of hydrogen-bond acceptors (Lipinski definition) is 4. The zero-order chi connectivity index (χ0) is 17.2. The third kappa shape index (κ3) is 5.34. The van der Waals surface area contributed by atoms with Gasteiger partial charge in [0.05, 0.1) is 12.8 Å². The molecule has 2 heterocycles. The van der Waals surface area contributed by atoms with E-state index in [0.717, 1.165) is 31.5 Å². The maximum atomic E-state index is 10.6. The van der Waals surface area contributed by atoms with E-state index in [4.69, 9.17) is 4.42 Å². The lowest BCUT2D eigenvalue weighted by atomic mass is 10.0. The molecule has 142 valence electrons. The van der Waals surface area contributed by atoms with E-state index in [9.17, 15) is 5.11 Å². The van der Waals surface area contributed by atoms with Gasteiger partial charge in [0.15, 0.2) is 5.96 Å². The van der Waals surface area contributed by atoms with E-state index in [1.165, 1.54) is 12.8 Å². The molecule has 2 aliphatic rings. The van der Waals surface area contributed by atoms with E-state index in [2.05, 4.69) is 34.4 Å². The number of furan rings is 1. The Hall–Kier alpha value is -0.800. The van der Waals surface area contributed by atoms with E-state index in [0.29, 0.717) is 17.8 Å². The Morgan fingerprint density at radius 3 is 2.84 bits per heavy atom. The third-order valence-electron chi connectivity index (χ3n) is 4.92. The quantitative estimate of drug-likeness (QED) is 0.344. The Morgan fingerprint density at radius 2 is 2.24 bits per heavy atom. The summed E-state index contributed by atoms with van der Waals surface area (Å²) in [7, 11) is 0. The molecule has 1 saturated heterocycles. The lowest BCUT2D eigenvalue weighted by molar-refractivity contribution is 0.0436. The molecule has 7 heteroatoms. The summed E-state index contributed by atoms with van der Waals surface area (Å²) >= 11 is 0. The molecule has 25 heavy (non-hydrogen) atoms. The minimum Gasteiger partial charge on any atom is -0.466 e. The molecule has 0 aromatic carbocycles. The molecule has 0 spiro atoms. The number of nitrogens with one attached hydrogen (secondary N) is 2. The summed E-state index contributed by atoms with van der Waals surface area (Å²) in [6, 6.07) is 5.40. The zero-order valence-electron chi connectivity index (χ0n) is 15.4. The highest BCUT2D eigenvalue weighted by Crippen LogP contribution is 2.33. The molecular formula is C18H31IN4O2. The maximum Gasteiger partial charge on any atom is 0.191 e. The van der Waals surface area contributed by atoms with Gasteiger partial charge in [0, 0.05) is 31.2 Å². The van der Waals surface area contributed by atoms with Gasteiger partial charge in [-0.15, -0.1) is 24.0 Å². The number of hydrogen-bond donors (Lipinski definition) is 3. The Bertz CT molecular complexity index is 557. The average Bonchev–Trinajstić information content (AvgIpc) is 3.07. The van der Waals surface area contributed by atoms with Crippen molar-refractivity contribution in [1.29, 1.82) is 0 Å². The number of aliphatic hydroxyl groups is 1. The van der Waals surface area contributed by atoms with Crippen molar-refractivity contribution < 1.29 is 9.52 Å². The van der Waals surface area contributed by atoms with E-state index in [1.807, 2.05) is 0 Å². The van der Waals surface area contributed by atoms with Crippen molar-refractivity contribution in [1.82, 2.24) is 15.5 Å². The van der Waals surface area contributed by atoms with Gasteiger partial charge in [-0.05, 0) is 52.2 Å². The van der Waals surface area contributed by atoms with Gasteiger partial charge in [-0.2, -0.15) is 0 Å². The van der Waals surface area contributed by atoms with Crippen LogP contribution < -0.4 is 10.6 Å². The van der Waals surface area contributed by atoms with Crippen LogP contribution in [0.2, 0.25) is 0 Å². The van der Waals surface area contributed by atoms with Crippen molar-refractivity contribution >= 4 is 29.9 Å². The predicted octanol–water partition coefficient (Wildman–Crippen LogP) is 2.29. The first kappa shape index (κ1) is 20.5. The fourth-order valence-electron chi connectivity index (χ4n) is 3.49. The molecule has 0 amide bonds. The van der Waals surface area contributed by atoms with Crippen LogP contribution in [0.5, 0.6) is 0 Å². The average molecular weight is 462 g/mol. The second-order valence-electron chi connectivity index (χ2n) is 7.30. The summed E-state index contributed by atoms with van der Waals surface area (Å²) in [4.78, 5) is 7.19. The molecule has 3 atom stereocenters. The van der Waals surface area contributed by atoms with Gasteiger partial charge in [0.2, 0.25) is 0 Å². The normalized spacial score (nSPS) is 26.8. The first-order chi connectivity index (χ1) is 11.5. The molecule has 6 nitrogen and oxygen atoms in total. The standard InChI is InChI=1S/C18H30N4O2.HI/c1-4-19-17(20-12-18(3,23)16-6-5-9-24-16)21-14-10-13(2)22(11-14)15-7-8-15;/h5-6,9,13-15,23H,4,7-8,10-12H2,1-3H3,(H2,19,20,21);1H. The van der Waals surface area contributed by atoms with E-state index in [-0.39, 0.29) is 30.5 Å². The Kier molecular flexibility index (Phi) is 7.16. The van der Waals surface area contributed by atoms with Gasteiger partial charge >= 0.3 is 0 Å². The highest BCUT2D eigenvalue weighted by molar-refractivity contribution is 14.0. The molecule has 1 aliphatic heterocycles. The number of nitrogens with zero attached hydrogens (tertiary/aromatic N) is 2. The Labute approximate surface area is 167 Å². The number of halogens is 1. The fraction of sp³-hybridized carbons (Fsp3) is 0.722. The van der Waals surface area contributed by atoms with Crippen LogP contribution >= 0.6 is 24.0 Å². The van der Waals surface area contributed by atoms with E-state index in [1.54, 1.807) is 25.3 Å². The highest BCUT2D eigenvalue weighted by Gasteiger charge is 2.39. The van der Waals surface area contributed by atoms with Gasteiger partial charge in [0.25, 0.3) is 0 Å². The van der Waals surface area contributed by atoms with Crippen LogP contribution in [0.25, 0.3) is 0 Å². The van der Waals surface area contributed by atoms with Crippen LogP contribution in [0.4, 0.5) is 0 Å².